The lowest BCUT2D eigenvalue weighted by Gasteiger charge is -2.09. The Morgan fingerprint density at radius 2 is 2.28 bits per heavy atom. The lowest BCUT2D eigenvalue weighted by Crippen LogP contribution is -2.19. The molecule has 1 saturated carbocycles. The van der Waals surface area contributed by atoms with Crippen LogP contribution in [0.25, 0.3) is 11.0 Å². The molecule has 0 bridgehead atoms. The Labute approximate surface area is 100 Å². The largest absolute Gasteiger partial charge is 0.477 e. The zero-order chi connectivity index (χ0) is 12.9. The van der Waals surface area contributed by atoms with E-state index in [-0.39, 0.29) is 10.9 Å². The standard InChI is InChI=1S/C12H9FN2O3/c13-8-4-9(8)15-5-7(12(17)18)10(16)6-2-1-3-14-11(6)15/h1-3,5,8-9H,4H2,(H,17,18). The van der Waals surface area contributed by atoms with Crippen LogP contribution in [0.15, 0.2) is 29.3 Å². The van der Waals surface area contributed by atoms with Crippen LogP contribution >= 0.6 is 0 Å². The van der Waals surface area contributed by atoms with Gasteiger partial charge in [-0.05, 0) is 12.1 Å². The summed E-state index contributed by atoms with van der Waals surface area (Å²) in [5, 5.41) is 9.20. The highest BCUT2D eigenvalue weighted by Crippen LogP contribution is 2.40. The van der Waals surface area contributed by atoms with Crippen molar-refractivity contribution in [3.05, 3.63) is 40.3 Å². The van der Waals surface area contributed by atoms with Crippen molar-refractivity contribution in [3.63, 3.8) is 0 Å². The molecular formula is C12H9FN2O3. The number of halogens is 1. The predicted octanol–water partition coefficient (Wildman–Crippen LogP) is 1.38. The third-order valence-electron chi connectivity index (χ3n) is 3.06. The SMILES string of the molecule is O=C(O)c1cn(C2CC2F)c2ncccc2c1=O. The van der Waals surface area contributed by atoms with Crippen LogP contribution < -0.4 is 5.43 Å². The van der Waals surface area contributed by atoms with Crippen LogP contribution in [0.2, 0.25) is 0 Å². The van der Waals surface area contributed by atoms with E-state index in [1.807, 2.05) is 0 Å². The lowest BCUT2D eigenvalue weighted by molar-refractivity contribution is 0.0694. The number of carboxylic acids is 1. The first-order valence-corrected chi connectivity index (χ1v) is 5.47. The van der Waals surface area contributed by atoms with Gasteiger partial charge in [-0.15, -0.1) is 0 Å². The fourth-order valence-electron chi connectivity index (χ4n) is 2.03. The Balaban J connectivity index is 2.37. The van der Waals surface area contributed by atoms with Crippen molar-refractivity contribution >= 4 is 17.0 Å². The number of hydrogen-bond acceptors (Lipinski definition) is 3. The van der Waals surface area contributed by atoms with Crippen LogP contribution in [0, 0.1) is 0 Å². The summed E-state index contributed by atoms with van der Waals surface area (Å²) in [6.45, 7) is 0. The molecule has 1 aliphatic carbocycles. The number of carboxylic acid groups (broad SMARTS) is 1. The summed E-state index contributed by atoms with van der Waals surface area (Å²) in [4.78, 5) is 27.0. The van der Waals surface area contributed by atoms with Gasteiger partial charge in [-0.25, -0.2) is 14.2 Å². The maximum Gasteiger partial charge on any atom is 0.341 e. The van der Waals surface area contributed by atoms with Gasteiger partial charge >= 0.3 is 5.97 Å². The second-order valence-corrected chi connectivity index (χ2v) is 4.28. The lowest BCUT2D eigenvalue weighted by atomic mass is 10.2. The van der Waals surface area contributed by atoms with Gasteiger partial charge in [0.1, 0.15) is 17.4 Å². The van der Waals surface area contributed by atoms with E-state index < -0.39 is 23.6 Å². The quantitative estimate of drug-likeness (QED) is 0.871. The first-order valence-electron chi connectivity index (χ1n) is 5.47. The van der Waals surface area contributed by atoms with E-state index in [1.54, 1.807) is 6.07 Å². The molecule has 0 spiro atoms. The zero-order valence-corrected chi connectivity index (χ0v) is 9.21. The third kappa shape index (κ3) is 1.49. The topological polar surface area (TPSA) is 72.2 Å². The summed E-state index contributed by atoms with van der Waals surface area (Å²) >= 11 is 0. The van der Waals surface area contributed by atoms with Crippen LogP contribution in [0.5, 0.6) is 0 Å². The first kappa shape index (κ1) is 10.9. The number of nitrogens with zero attached hydrogens (tertiary/aromatic N) is 2. The molecule has 1 N–H and O–H groups in total. The van der Waals surface area contributed by atoms with Gasteiger partial charge in [-0.2, -0.15) is 0 Å². The Hall–Kier alpha value is -2.24. The van der Waals surface area contributed by atoms with E-state index >= 15 is 0 Å². The highest BCUT2D eigenvalue weighted by atomic mass is 19.1. The van der Waals surface area contributed by atoms with E-state index in [0.29, 0.717) is 12.1 Å². The molecular weight excluding hydrogens is 239 g/mol. The van der Waals surface area contributed by atoms with Crippen molar-refractivity contribution < 1.29 is 14.3 Å². The number of hydrogen-bond donors (Lipinski definition) is 1. The number of carbonyl (C=O) groups is 1. The summed E-state index contributed by atoms with van der Waals surface area (Å²) in [6.07, 6.45) is 2.01. The van der Waals surface area contributed by atoms with Crippen molar-refractivity contribution in [2.24, 2.45) is 0 Å². The number of fused-ring (bicyclic) bond motifs is 1. The van der Waals surface area contributed by atoms with Crippen LogP contribution in [-0.4, -0.2) is 26.8 Å². The van der Waals surface area contributed by atoms with Gasteiger partial charge in [0.25, 0.3) is 0 Å². The van der Waals surface area contributed by atoms with Crippen molar-refractivity contribution in [1.82, 2.24) is 9.55 Å². The highest BCUT2D eigenvalue weighted by Gasteiger charge is 2.40. The number of rotatable bonds is 2. The summed E-state index contributed by atoms with van der Waals surface area (Å²) < 4.78 is 14.6. The summed E-state index contributed by atoms with van der Waals surface area (Å²) in [6, 6.07) is 2.64. The van der Waals surface area contributed by atoms with Gasteiger partial charge in [0.2, 0.25) is 5.43 Å². The average molecular weight is 248 g/mol. The normalized spacial score (nSPS) is 22.1. The Morgan fingerprint density at radius 1 is 1.56 bits per heavy atom. The molecule has 2 aromatic heterocycles. The Morgan fingerprint density at radius 3 is 2.89 bits per heavy atom. The maximum atomic E-state index is 13.1. The minimum absolute atomic E-state index is 0.205. The molecule has 0 saturated heterocycles. The zero-order valence-electron chi connectivity index (χ0n) is 9.21. The molecule has 1 fully saturated rings. The van der Waals surface area contributed by atoms with Crippen molar-refractivity contribution in [2.45, 2.75) is 18.6 Å². The van der Waals surface area contributed by atoms with E-state index in [0.717, 1.165) is 0 Å². The predicted molar refractivity (Wildman–Crippen MR) is 61.5 cm³/mol. The first-order chi connectivity index (χ1) is 8.59. The van der Waals surface area contributed by atoms with Crippen LogP contribution in [0.4, 0.5) is 4.39 Å². The summed E-state index contributed by atoms with van der Waals surface area (Å²) in [7, 11) is 0. The third-order valence-corrected chi connectivity index (χ3v) is 3.06. The molecule has 0 aromatic carbocycles. The minimum Gasteiger partial charge on any atom is -0.477 e. The van der Waals surface area contributed by atoms with Gasteiger partial charge in [0.05, 0.1) is 11.4 Å². The molecule has 5 nitrogen and oxygen atoms in total. The Kier molecular flexibility index (Phi) is 2.19. The number of alkyl halides is 1. The van der Waals surface area contributed by atoms with E-state index in [9.17, 15) is 14.0 Å². The second-order valence-electron chi connectivity index (χ2n) is 4.28. The molecule has 2 aromatic rings. The molecule has 92 valence electrons. The van der Waals surface area contributed by atoms with Crippen LogP contribution in [-0.2, 0) is 0 Å². The van der Waals surface area contributed by atoms with Gasteiger partial charge in [-0.1, -0.05) is 0 Å². The fraction of sp³-hybridized carbons (Fsp3) is 0.250. The van der Waals surface area contributed by atoms with Crippen molar-refractivity contribution in [2.75, 3.05) is 0 Å². The number of aromatic nitrogens is 2. The molecule has 0 radical (unpaired) electrons. The van der Waals surface area contributed by atoms with Crippen molar-refractivity contribution in [3.8, 4) is 0 Å². The molecule has 1 aliphatic rings. The molecule has 2 atom stereocenters. The average Bonchev–Trinajstić information content (AvgIpc) is 3.06. The molecule has 18 heavy (non-hydrogen) atoms. The molecule has 6 heteroatoms. The molecule has 0 amide bonds. The van der Waals surface area contributed by atoms with Gasteiger partial charge < -0.3 is 9.67 Å². The van der Waals surface area contributed by atoms with E-state index in [4.69, 9.17) is 5.11 Å². The van der Waals surface area contributed by atoms with E-state index in [1.165, 1.54) is 23.0 Å². The molecule has 0 aliphatic heterocycles. The van der Waals surface area contributed by atoms with Crippen LogP contribution in [0.3, 0.4) is 0 Å². The second kappa shape index (κ2) is 3.63. The van der Waals surface area contributed by atoms with Crippen molar-refractivity contribution in [1.29, 1.82) is 0 Å². The molecule has 3 rings (SSSR count). The Bertz CT molecular complexity index is 710. The van der Waals surface area contributed by atoms with Gasteiger partial charge in [-0.3, -0.25) is 4.79 Å². The minimum atomic E-state index is -1.31. The number of aromatic carboxylic acids is 1. The number of pyridine rings is 2. The highest BCUT2D eigenvalue weighted by molar-refractivity contribution is 5.91. The van der Waals surface area contributed by atoms with E-state index in [2.05, 4.69) is 4.98 Å². The fourth-order valence-corrected chi connectivity index (χ4v) is 2.03. The monoisotopic (exact) mass is 248 g/mol. The smallest absolute Gasteiger partial charge is 0.341 e. The summed E-state index contributed by atoms with van der Waals surface area (Å²) in [5.74, 6) is -1.31. The van der Waals surface area contributed by atoms with Crippen LogP contribution in [0.1, 0.15) is 22.8 Å². The van der Waals surface area contributed by atoms with Gasteiger partial charge in [0, 0.05) is 18.8 Å². The summed E-state index contributed by atoms with van der Waals surface area (Å²) in [5.41, 5.74) is -0.606. The molecule has 2 unspecified atom stereocenters. The molecule has 2 heterocycles. The van der Waals surface area contributed by atoms with Gasteiger partial charge in [0.15, 0.2) is 0 Å². The maximum absolute atomic E-state index is 13.1.